The highest BCUT2D eigenvalue weighted by molar-refractivity contribution is 8.16. The lowest BCUT2D eigenvalue weighted by Gasteiger charge is -2.36. The Balaban J connectivity index is 1.61. The van der Waals surface area contributed by atoms with Gasteiger partial charge in [0.2, 0.25) is 5.91 Å². The molecule has 2 aliphatic rings. The van der Waals surface area contributed by atoms with E-state index in [-0.39, 0.29) is 36.8 Å². The molecular weight excluding hydrogens is 498 g/mol. The van der Waals surface area contributed by atoms with E-state index in [4.69, 9.17) is 9.47 Å². The van der Waals surface area contributed by atoms with Gasteiger partial charge in [-0.25, -0.2) is 9.79 Å². The maximum absolute atomic E-state index is 13.2. The zero-order chi connectivity index (χ0) is 26.4. The van der Waals surface area contributed by atoms with Gasteiger partial charge < -0.3 is 19.7 Å². The number of nitrogens with zero attached hydrogens (tertiary/aromatic N) is 4. The number of methoxy groups -OCH3 is 1. The first-order valence-corrected chi connectivity index (χ1v) is 12.3. The molecule has 1 amide bonds. The summed E-state index contributed by atoms with van der Waals surface area (Å²) in [4.78, 5) is 47.2. The van der Waals surface area contributed by atoms with Crippen molar-refractivity contribution in [3.05, 3.63) is 92.4 Å². The van der Waals surface area contributed by atoms with Gasteiger partial charge in [0.15, 0.2) is 5.17 Å². The normalized spacial score (nSPS) is 16.6. The number of amides is 1. The number of nitro benzene ring substituents is 1. The zero-order valence-corrected chi connectivity index (χ0v) is 21.1. The van der Waals surface area contributed by atoms with Gasteiger partial charge in [0.1, 0.15) is 6.61 Å². The van der Waals surface area contributed by atoms with Gasteiger partial charge in [-0.2, -0.15) is 0 Å². The number of fused-ring (bicyclic) bond motifs is 1. The minimum Gasteiger partial charge on any atom is -0.460 e. The van der Waals surface area contributed by atoms with Crippen LogP contribution in [0.4, 0.5) is 5.69 Å². The summed E-state index contributed by atoms with van der Waals surface area (Å²) in [5.74, 6) is -0.784. The second-order valence-electron chi connectivity index (χ2n) is 8.19. The summed E-state index contributed by atoms with van der Waals surface area (Å²) in [5, 5.41) is 16.5. The van der Waals surface area contributed by atoms with Crippen molar-refractivity contribution in [3.63, 3.8) is 0 Å². The number of aromatic nitrogens is 1. The molecule has 1 aromatic heterocycles. The van der Waals surface area contributed by atoms with Crippen molar-refractivity contribution in [3.8, 4) is 0 Å². The molecule has 0 saturated carbocycles. The van der Waals surface area contributed by atoms with Gasteiger partial charge in [-0.15, -0.1) is 0 Å². The second kappa shape index (κ2) is 11.8. The number of thioether (sulfide) groups is 1. The lowest BCUT2D eigenvalue weighted by Crippen LogP contribution is -2.38. The Hall–Kier alpha value is -4.03. The molecule has 2 aromatic rings. The fourth-order valence-corrected chi connectivity index (χ4v) is 4.91. The number of nitrogens with one attached hydrogen (secondary N) is 1. The molecule has 1 N–H and O–H groups in total. The average molecular weight is 524 g/mol. The van der Waals surface area contributed by atoms with E-state index in [0.29, 0.717) is 28.7 Å². The van der Waals surface area contributed by atoms with Crippen LogP contribution in [0, 0.1) is 10.1 Å². The Kier molecular flexibility index (Phi) is 8.31. The maximum Gasteiger partial charge on any atom is 0.338 e. The van der Waals surface area contributed by atoms with Crippen molar-refractivity contribution in [2.45, 2.75) is 25.9 Å². The SMILES string of the molecule is COCCOC(=O)C1=C(C)N=C2SC=C(CC(=O)NCc3cccnc3)N2C1c1ccc([N+](=O)[O-])cc1. The molecule has 3 heterocycles. The highest BCUT2D eigenvalue weighted by Gasteiger charge is 2.41. The summed E-state index contributed by atoms with van der Waals surface area (Å²) in [5.41, 5.74) is 2.83. The maximum atomic E-state index is 13.2. The number of esters is 1. The summed E-state index contributed by atoms with van der Waals surface area (Å²) in [6.07, 6.45) is 3.38. The van der Waals surface area contributed by atoms with Crippen molar-refractivity contribution >= 4 is 34.5 Å². The predicted molar refractivity (Wildman–Crippen MR) is 137 cm³/mol. The smallest absolute Gasteiger partial charge is 0.338 e. The summed E-state index contributed by atoms with van der Waals surface area (Å²) >= 11 is 1.35. The molecule has 0 saturated heterocycles. The van der Waals surface area contributed by atoms with Crippen molar-refractivity contribution in [2.75, 3.05) is 20.3 Å². The molecule has 0 spiro atoms. The van der Waals surface area contributed by atoms with E-state index in [1.807, 2.05) is 16.4 Å². The Morgan fingerprint density at radius 1 is 1.22 bits per heavy atom. The van der Waals surface area contributed by atoms with Gasteiger partial charge in [-0.3, -0.25) is 19.9 Å². The van der Waals surface area contributed by atoms with Gasteiger partial charge in [0.05, 0.1) is 35.3 Å². The van der Waals surface area contributed by atoms with E-state index >= 15 is 0 Å². The van der Waals surface area contributed by atoms with Crippen LogP contribution in [-0.2, 0) is 25.6 Å². The van der Waals surface area contributed by atoms with E-state index in [9.17, 15) is 19.7 Å². The quantitative estimate of drug-likeness (QED) is 0.215. The van der Waals surface area contributed by atoms with Crippen LogP contribution in [0.3, 0.4) is 0 Å². The molecule has 0 radical (unpaired) electrons. The number of amidine groups is 1. The number of benzene rings is 1. The second-order valence-corrected chi connectivity index (χ2v) is 9.02. The van der Waals surface area contributed by atoms with E-state index in [2.05, 4.69) is 15.3 Å². The minimum atomic E-state index is -0.685. The number of carbonyl (C=O) groups is 2. The first kappa shape index (κ1) is 26.0. The van der Waals surface area contributed by atoms with E-state index in [1.165, 1.54) is 31.0 Å². The lowest BCUT2D eigenvalue weighted by atomic mass is 9.93. The molecule has 0 aliphatic carbocycles. The molecule has 0 bridgehead atoms. The van der Waals surface area contributed by atoms with Crippen LogP contribution in [-0.4, -0.2) is 52.2 Å². The van der Waals surface area contributed by atoms with Gasteiger partial charge in [-0.1, -0.05) is 17.8 Å². The van der Waals surface area contributed by atoms with E-state index in [1.54, 1.807) is 37.5 Å². The average Bonchev–Trinajstić information content (AvgIpc) is 3.29. The molecule has 2 aliphatic heterocycles. The molecule has 192 valence electrons. The van der Waals surface area contributed by atoms with Gasteiger partial charge in [-0.05, 0) is 41.7 Å². The standard InChI is InChI=1S/C25H25N5O6S/c1-16-22(24(32)36-11-10-35-2)23(18-5-7-19(8-6-18)30(33)34)29-20(15-37-25(29)28-16)12-21(31)27-14-17-4-3-9-26-13-17/h3-9,13,15,23H,10-12,14H2,1-2H3,(H,27,31). The summed E-state index contributed by atoms with van der Waals surface area (Å²) in [7, 11) is 1.51. The fourth-order valence-electron chi connectivity index (χ4n) is 3.95. The third-order valence-electron chi connectivity index (χ3n) is 5.71. The summed E-state index contributed by atoms with van der Waals surface area (Å²) in [6.45, 7) is 2.34. The number of pyridine rings is 1. The van der Waals surface area contributed by atoms with Crippen LogP contribution in [0.15, 0.2) is 76.2 Å². The number of hydrogen-bond donors (Lipinski definition) is 1. The first-order chi connectivity index (χ1) is 17.9. The van der Waals surface area contributed by atoms with Crippen LogP contribution in [0.25, 0.3) is 0 Å². The van der Waals surface area contributed by atoms with Crippen molar-refractivity contribution in [2.24, 2.45) is 4.99 Å². The highest BCUT2D eigenvalue weighted by Crippen LogP contribution is 2.45. The molecule has 1 atom stereocenters. The number of hydrogen-bond acceptors (Lipinski definition) is 10. The molecule has 1 aromatic carbocycles. The molecular formula is C25H25N5O6S. The van der Waals surface area contributed by atoms with Crippen LogP contribution < -0.4 is 5.32 Å². The molecule has 1 unspecified atom stereocenters. The van der Waals surface area contributed by atoms with Crippen molar-refractivity contribution < 1.29 is 24.0 Å². The Morgan fingerprint density at radius 2 is 2.00 bits per heavy atom. The number of rotatable bonds is 10. The molecule has 12 heteroatoms. The van der Waals surface area contributed by atoms with E-state index < -0.39 is 16.9 Å². The van der Waals surface area contributed by atoms with Gasteiger partial charge in [0.25, 0.3) is 5.69 Å². The predicted octanol–water partition coefficient (Wildman–Crippen LogP) is 3.46. The van der Waals surface area contributed by atoms with Crippen molar-refractivity contribution in [1.82, 2.24) is 15.2 Å². The molecule has 11 nitrogen and oxygen atoms in total. The number of non-ortho nitro benzene ring substituents is 1. The fraction of sp³-hybridized carbons (Fsp3) is 0.280. The topological polar surface area (TPSA) is 136 Å². The first-order valence-electron chi connectivity index (χ1n) is 11.4. The minimum absolute atomic E-state index is 0.0425. The highest BCUT2D eigenvalue weighted by atomic mass is 32.2. The molecule has 4 rings (SSSR count). The molecule has 0 fully saturated rings. The van der Waals surface area contributed by atoms with Gasteiger partial charge >= 0.3 is 5.97 Å². The Bertz CT molecular complexity index is 1280. The number of carbonyl (C=O) groups excluding carboxylic acids is 2. The summed E-state index contributed by atoms with van der Waals surface area (Å²) in [6, 6.07) is 8.96. The van der Waals surface area contributed by atoms with Crippen LogP contribution in [0.1, 0.15) is 30.5 Å². The number of aliphatic imine (C=N–C) groups is 1. The largest absolute Gasteiger partial charge is 0.460 e. The zero-order valence-electron chi connectivity index (χ0n) is 20.2. The van der Waals surface area contributed by atoms with Crippen molar-refractivity contribution in [1.29, 1.82) is 0 Å². The summed E-state index contributed by atoms with van der Waals surface area (Å²) < 4.78 is 10.4. The van der Waals surface area contributed by atoms with E-state index in [0.717, 1.165) is 5.56 Å². The van der Waals surface area contributed by atoms with Crippen LogP contribution >= 0.6 is 11.8 Å². The Morgan fingerprint density at radius 3 is 2.68 bits per heavy atom. The third kappa shape index (κ3) is 6.04. The van der Waals surface area contributed by atoms with Crippen LogP contribution in [0.2, 0.25) is 0 Å². The van der Waals surface area contributed by atoms with Gasteiger partial charge in [0, 0.05) is 43.9 Å². The number of nitro groups is 1. The third-order valence-corrected chi connectivity index (χ3v) is 6.60. The number of ether oxygens (including phenoxy) is 2. The van der Waals surface area contributed by atoms with Crippen LogP contribution in [0.5, 0.6) is 0 Å². The lowest BCUT2D eigenvalue weighted by molar-refractivity contribution is -0.384. The Labute approximate surface area is 217 Å². The number of allylic oxidation sites excluding steroid dienone is 1. The molecule has 37 heavy (non-hydrogen) atoms. The monoisotopic (exact) mass is 523 g/mol.